The molecule has 2 aromatic carbocycles. The van der Waals surface area contributed by atoms with Crippen LogP contribution in [0.2, 0.25) is 0 Å². The fourth-order valence-corrected chi connectivity index (χ4v) is 4.48. The van der Waals surface area contributed by atoms with Gasteiger partial charge in [-0.3, -0.25) is 4.79 Å². The molecular formula is C27H34N2O5. The van der Waals surface area contributed by atoms with Gasteiger partial charge in [0, 0.05) is 23.6 Å². The molecule has 0 aromatic heterocycles. The summed E-state index contributed by atoms with van der Waals surface area (Å²) in [6.45, 7) is 10.9. The van der Waals surface area contributed by atoms with Gasteiger partial charge in [-0.25, -0.2) is 14.5 Å². The van der Waals surface area contributed by atoms with Crippen LogP contribution >= 0.6 is 0 Å². The van der Waals surface area contributed by atoms with Gasteiger partial charge in [0.05, 0.1) is 6.04 Å². The van der Waals surface area contributed by atoms with Crippen molar-refractivity contribution in [2.75, 3.05) is 0 Å². The number of cyclic esters (lactones) is 1. The van der Waals surface area contributed by atoms with E-state index >= 15 is 0 Å². The van der Waals surface area contributed by atoms with Gasteiger partial charge >= 0.3 is 12.2 Å². The molecule has 0 saturated carbocycles. The first-order valence-electron chi connectivity index (χ1n) is 11.6. The van der Waals surface area contributed by atoms with Crippen LogP contribution in [0.1, 0.15) is 59.1 Å². The molecule has 2 aromatic rings. The minimum absolute atomic E-state index is 0.0722. The summed E-state index contributed by atoms with van der Waals surface area (Å²) < 4.78 is 11.4. The fourth-order valence-electron chi connectivity index (χ4n) is 4.48. The summed E-state index contributed by atoms with van der Waals surface area (Å²) >= 11 is 0. The van der Waals surface area contributed by atoms with E-state index in [1.807, 2.05) is 74.5 Å². The van der Waals surface area contributed by atoms with Crippen LogP contribution < -0.4 is 5.32 Å². The predicted molar refractivity (Wildman–Crippen MR) is 129 cm³/mol. The van der Waals surface area contributed by atoms with Gasteiger partial charge in [0.1, 0.15) is 5.60 Å². The number of nitrogens with one attached hydrogen (secondary N) is 1. The highest BCUT2D eigenvalue weighted by Crippen LogP contribution is 2.47. The zero-order valence-electron chi connectivity index (χ0n) is 20.7. The van der Waals surface area contributed by atoms with Gasteiger partial charge in [0.15, 0.2) is 5.60 Å². The molecule has 34 heavy (non-hydrogen) atoms. The summed E-state index contributed by atoms with van der Waals surface area (Å²) in [4.78, 5) is 40.0. The molecule has 2 unspecified atom stereocenters. The maximum atomic E-state index is 13.4. The molecule has 3 amide bonds. The lowest BCUT2D eigenvalue weighted by Gasteiger charge is -2.37. The van der Waals surface area contributed by atoms with Gasteiger partial charge < -0.3 is 14.8 Å². The number of rotatable bonds is 6. The van der Waals surface area contributed by atoms with Crippen LogP contribution in [0.5, 0.6) is 0 Å². The van der Waals surface area contributed by atoms with Crippen molar-refractivity contribution in [2.45, 2.75) is 71.2 Å². The Bertz CT molecular complexity index is 975. The molecule has 3 rings (SSSR count). The topological polar surface area (TPSA) is 84.9 Å². The van der Waals surface area contributed by atoms with E-state index in [2.05, 4.69) is 5.32 Å². The van der Waals surface area contributed by atoms with Crippen molar-refractivity contribution in [3.63, 3.8) is 0 Å². The highest BCUT2D eigenvalue weighted by atomic mass is 16.6. The Morgan fingerprint density at radius 1 is 1.00 bits per heavy atom. The molecule has 1 aliphatic heterocycles. The summed E-state index contributed by atoms with van der Waals surface area (Å²) in [5, 5.41) is 2.67. The molecule has 1 saturated heterocycles. The molecule has 0 spiro atoms. The Balaban J connectivity index is 1.94. The second-order valence-corrected chi connectivity index (χ2v) is 10.0. The van der Waals surface area contributed by atoms with Crippen LogP contribution in [0, 0.1) is 5.92 Å². The Hall–Kier alpha value is -3.35. The van der Waals surface area contributed by atoms with Crippen molar-refractivity contribution in [2.24, 2.45) is 5.92 Å². The lowest BCUT2D eigenvalue weighted by molar-refractivity contribution is -0.130. The van der Waals surface area contributed by atoms with Gasteiger partial charge in [-0.05, 0) is 33.6 Å². The Morgan fingerprint density at radius 3 is 1.94 bits per heavy atom. The van der Waals surface area contributed by atoms with Crippen LogP contribution in [-0.4, -0.2) is 40.7 Å². The van der Waals surface area contributed by atoms with Crippen molar-refractivity contribution in [1.82, 2.24) is 10.2 Å². The molecule has 1 aliphatic rings. The molecular weight excluding hydrogens is 432 g/mol. The average molecular weight is 467 g/mol. The minimum Gasteiger partial charge on any atom is -0.444 e. The van der Waals surface area contributed by atoms with E-state index in [1.54, 1.807) is 27.7 Å². The minimum atomic E-state index is -1.15. The van der Waals surface area contributed by atoms with E-state index < -0.39 is 41.4 Å². The first kappa shape index (κ1) is 25.3. The van der Waals surface area contributed by atoms with E-state index in [-0.39, 0.29) is 12.3 Å². The highest BCUT2D eigenvalue weighted by molar-refractivity contribution is 5.95. The number of carbonyl (C=O) groups excluding carboxylic acids is 3. The van der Waals surface area contributed by atoms with Crippen molar-refractivity contribution < 1.29 is 23.9 Å². The quantitative estimate of drug-likeness (QED) is 0.630. The van der Waals surface area contributed by atoms with E-state index in [9.17, 15) is 14.4 Å². The SMILES string of the molecule is CC(CC(=O)N1C(=O)OC(c2ccccc2)(c2ccccc2)C1C(C)C)NC(=O)OC(C)(C)C. The van der Waals surface area contributed by atoms with E-state index in [0.29, 0.717) is 0 Å². The number of imide groups is 1. The normalized spacial score (nSPS) is 18.4. The molecule has 1 N–H and O–H groups in total. The second-order valence-electron chi connectivity index (χ2n) is 10.0. The van der Waals surface area contributed by atoms with Crippen LogP contribution in [0.25, 0.3) is 0 Å². The molecule has 1 heterocycles. The number of hydrogen-bond acceptors (Lipinski definition) is 5. The maximum absolute atomic E-state index is 13.4. The molecule has 0 bridgehead atoms. The average Bonchev–Trinajstić information content (AvgIpc) is 3.08. The first-order valence-corrected chi connectivity index (χ1v) is 11.6. The van der Waals surface area contributed by atoms with Crippen LogP contribution in [0.4, 0.5) is 9.59 Å². The van der Waals surface area contributed by atoms with Gasteiger partial charge in [-0.2, -0.15) is 0 Å². The molecule has 0 radical (unpaired) electrons. The van der Waals surface area contributed by atoms with Crippen molar-refractivity contribution in [3.8, 4) is 0 Å². The number of benzene rings is 2. The number of carbonyl (C=O) groups is 3. The van der Waals surface area contributed by atoms with E-state index in [1.165, 1.54) is 4.90 Å². The van der Waals surface area contributed by atoms with Gasteiger partial charge in [0.25, 0.3) is 0 Å². The van der Waals surface area contributed by atoms with Gasteiger partial charge in [0.2, 0.25) is 5.91 Å². The summed E-state index contributed by atoms with van der Waals surface area (Å²) in [7, 11) is 0. The highest BCUT2D eigenvalue weighted by Gasteiger charge is 2.59. The summed E-state index contributed by atoms with van der Waals surface area (Å²) in [6, 6.07) is 17.9. The Labute approximate surface area is 201 Å². The van der Waals surface area contributed by atoms with Crippen LogP contribution in [0.15, 0.2) is 60.7 Å². The van der Waals surface area contributed by atoms with E-state index in [0.717, 1.165) is 11.1 Å². The second kappa shape index (κ2) is 9.87. The molecule has 7 nitrogen and oxygen atoms in total. The first-order chi connectivity index (χ1) is 16.0. The standard InChI is InChI=1S/C27H34N2O5/c1-18(2)23-27(20-13-9-7-10-14-20,21-15-11-8-12-16-21)34-25(32)29(23)22(30)17-19(3)28-24(31)33-26(4,5)6/h7-16,18-19,23H,17H2,1-6H3,(H,28,31). The van der Waals surface area contributed by atoms with Gasteiger partial charge in [-0.1, -0.05) is 74.5 Å². The summed E-state index contributed by atoms with van der Waals surface area (Å²) in [6.07, 6.45) is -1.38. The largest absolute Gasteiger partial charge is 0.444 e. The number of alkyl carbamates (subject to hydrolysis) is 1. The fraction of sp³-hybridized carbons (Fsp3) is 0.444. The van der Waals surface area contributed by atoms with E-state index in [4.69, 9.17) is 9.47 Å². The Morgan fingerprint density at radius 2 is 1.50 bits per heavy atom. The summed E-state index contributed by atoms with van der Waals surface area (Å²) in [5.41, 5.74) is -0.210. The van der Waals surface area contributed by atoms with Crippen LogP contribution in [-0.2, 0) is 19.9 Å². The van der Waals surface area contributed by atoms with Crippen molar-refractivity contribution >= 4 is 18.1 Å². The predicted octanol–water partition coefficient (Wildman–Crippen LogP) is 5.24. The lowest BCUT2D eigenvalue weighted by atomic mass is 9.75. The molecule has 182 valence electrons. The maximum Gasteiger partial charge on any atom is 0.418 e. The van der Waals surface area contributed by atoms with Crippen LogP contribution in [0.3, 0.4) is 0 Å². The van der Waals surface area contributed by atoms with Crippen molar-refractivity contribution in [1.29, 1.82) is 0 Å². The Kier molecular flexibility index (Phi) is 7.34. The number of hydrogen-bond donors (Lipinski definition) is 1. The molecule has 1 fully saturated rings. The van der Waals surface area contributed by atoms with Gasteiger partial charge in [-0.15, -0.1) is 0 Å². The third kappa shape index (κ3) is 5.24. The number of nitrogens with zero attached hydrogens (tertiary/aromatic N) is 1. The zero-order valence-corrected chi connectivity index (χ0v) is 20.7. The molecule has 2 atom stereocenters. The lowest BCUT2D eigenvalue weighted by Crippen LogP contribution is -2.51. The number of amides is 3. The summed E-state index contributed by atoms with van der Waals surface area (Å²) in [5.74, 6) is -0.522. The third-order valence-electron chi connectivity index (χ3n) is 5.69. The monoisotopic (exact) mass is 466 g/mol. The smallest absolute Gasteiger partial charge is 0.418 e. The molecule has 7 heteroatoms. The third-order valence-corrected chi connectivity index (χ3v) is 5.69. The van der Waals surface area contributed by atoms with Crippen molar-refractivity contribution in [3.05, 3.63) is 71.8 Å². The zero-order chi connectivity index (χ0) is 25.1. The number of ether oxygens (including phenoxy) is 2. The molecule has 0 aliphatic carbocycles.